The normalized spacial score (nSPS) is 15.6. The van der Waals surface area contributed by atoms with E-state index in [-0.39, 0.29) is 31.6 Å². The lowest BCUT2D eigenvalue weighted by atomic mass is 10.2. The van der Waals surface area contributed by atoms with Crippen molar-refractivity contribution in [2.75, 3.05) is 106 Å². The number of ether oxygens (including phenoxy) is 7. The van der Waals surface area contributed by atoms with Crippen molar-refractivity contribution in [3.63, 3.8) is 0 Å². The van der Waals surface area contributed by atoms with Crippen LogP contribution >= 0.6 is 0 Å². The minimum absolute atomic E-state index is 0.0380. The smallest absolute Gasteiger partial charge is 0.264 e. The van der Waals surface area contributed by atoms with E-state index < -0.39 is 10.1 Å². The lowest BCUT2D eigenvalue weighted by Crippen LogP contribution is -2.32. The minimum atomic E-state index is -3.58. The van der Waals surface area contributed by atoms with Gasteiger partial charge in [0.25, 0.3) is 10.1 Å². The van der Waals surface area contributed by atoms with E-state index in [1.54, 1.807) is 24.3 Å². The van der Waals surface area contributed by atoms with E-state index in [9.17, 15) is 13.2 Å². The van der Waals surface area contributed by atoms with Crippen molar-refractivity contribution in [3.8, 4) is 0 Å². The summed E-state index contributed by atoms with van der Waals surface area (Å²) in [7, 11) is -1.94. The van der Waals surface area contributed by atoms with E-state index in [2.05, 4.69) is 9.97 Å². The van der Waals surface area contributed by atoms with Gasteiger partial charge >= 0.3 is 0 Å². The second-order valence-corrected chi connectivity index (χ2v) is 10.7. The third-order valence-electron chi connectivity index (χ3n) is 5.78. The lowest BCUT2D eigenvalue weighted by molar-refractivity contribution is -0.133. The summed E-state index contributed by atoms with van der Waals surface area (Å²) >= 11 is 0. The third kappa shape index (κ3) is 17.0. The fraction of sp³-hybridized carbons (Fsp3) is 0.808. The molecule has 236 valence electrons. The second kappa shape index (κ2) is 21.8. The number of hydrogen-bond acceptors (Lipinski definition) is 13. The first-order chi connectivity index (χ1) is 19.9. The SMILES string of the molecule is COCCOCCOCCOCCOCCOCCOCCC(=O)N1CCC[C@@H]1c1nccc(COS(C)(=O)=O)n1. The number of nitrogens with zero attached hydrogens (tertiary/aromatic N) is 3. The van der Waals surface area contributed by atoms with Crippen molar-refractivity contribution in [2.45, 2.75) is 31.9 Å². The lowest BCUT2D eigenvalue weighted by Gasteiger charge is -2.24. The van der Waals surface area contributed by atoms with E-state index in [1.165, 1.54) is 0 Å². The first-order valence-corrected chi connectivity index (χ1v) is 15.6. The Morgan fingerprint density at radius 3 is 1.88 bits per heavy atom. The zero-order chi connectivity index (χ0) is 29.6. The molecule has 2 rings (SSSR count). The summed E-state index contributed by atoms with van der Waals surface area (Å²) < 4.78 is 64.8. The topological polar surface area (TPSA) is 154 Å². The third-order valence-corrected chi connectivity index (χ3v) is 6.32. The van der Waals surface area contributed by atoms with Crippen LogP contribution in [0.15, 0.2) is 12.3 Å². The summed E-state index contributed by atoms with van der Waals surface area (Å²) in [5.41, 5.74) is 0.444. The van der Waals surface area contributed by atoms with E-state index in [0.29, 0.717) is 97.3 Å². The number of hydrogen-bond donors (Lipinski definition) is 0. The first-order valence-electron chi connectivity index (χ1n) is 13.8. The molecule has 15 heteroatoms. The molecule has 0 bridgehead atoms. The summed E-state index contributed by atoms with van der Waals surface area (Å²) in [6.07, 6.45) is 4.36. The maximum Gasteiger partial charge on any atom is 0.264 e. The van der Waals surface area contributed by atoms with Gasteiger partial charge in [0, 0.05) is 19.9 Å². The Hall–Kier alpha value is -1.82. The molecule has 0 saturated carbocycles. The summed E-state index contributed by atoms with van der Waals surface area (Å²) in [6, 6.07) is 1.34. The Labute approximate surface area is 243 Å². The van der Waals surface area contributed by atoms with Gasteiger partial charge in [-0.15, -0.1) is 0 Å². The number of rotatable bonds is 25. The molecule has 1 aliphatic rings. The maximum absolute atomic E-state index is 12.8. The highest BCUT2D eigenvalue weighted by molar-refractivity contribution is 7.85. The molecular weight excluding hydrogens is 562 g/mol. The van der Waals surface area contributed by atoms with Crippen LogP contribution in [0.1, 0.15) is 36.8 Å². The highest BCUT2D eigenvalue weighted by atomic mass is 32.2. The fourth-order valence-electron chi connectivity index (χ4n) is 3.80. The maximum atomic E-state index is 12.8. The Balaban J connectivity index is 1.43. The van der Waals surface area contributed by atoms with E-state index in [0.717, 1.165) is 19.1 Å². The van der Waals surface area contributed by atoms with Gasteiger partial charge in [-0.05, 0) is 18.9 Å². The van der Waals surface area contributed by atoms with Crippen molar-refractivity contribution in [3.05, 3.63) is 23.8 Å². The number of aromatic nitrogens is 2. The molecule has 0 unspecified atom stereocenters. The molecule has 1 amide bonds. The molecule has 0 aliphatic carbocycles. The Kier molecular flexibility index (Phi) is 18.8. The number of likely N-dealkylation sites (tertiary alicyclic amines) is 1. The molecule has 1 aromatic rings. The fourth-order valence-corrected chi connectivity index (χ4v) is 4.14. The van der Waals surface area contributed by atoms with Gasteiger partial charge in [-0.3, -0.25) is 8.98 Å². The molecule has 41 heavy (non-hydrogen) atoms. The van der Waals surface area contributed by atoms with Crippen LogP contribution in [0.5, 0.6) is 0 Å². The van der Waals surface area contributed by atoms with Crippen LogP contribution in [0.25, 0.3) is 0 Å². The van der Waals surface area contributed by atoms with Crippen LogP contribution in [-0.4, -0.2) is 135 Å². The van der Waals surface area contributed by atoms with Crippen LogP contribution < -0.4 is 0 Å². The average Bonchev–Trinajstić information content (AvgIpc) is 3.45. The van der Waals surface area contributed by atoms with Crippen molar-refractivity contribution in [2.24, 2.45) is 0 Å². The predicted molar refractivity (Wildman–Crippen MR) is 147 cm³/mol. The van der Waals surface area contributed by atoms with Crippen LogP contribution in [0.2, 0.25) is 0 Å². The van der Waals surface area contributed by atoms with Crippen molar-refractivity contribution in [1.29, 1.82) is 0 Å². The highest BCUT2D eigenvalue weighted by Crippen LogP contribution is 2.30. The summed E-state index contributed by atoms with van der Waals surface area (Å²) in [6.45, 7) is 6.58. The van der Waals surface area contributed by atoms with Crippen LogP contribution in [-0.2, 0) is 58.9 Å². The molecule has 1 atom stereocenters. The van der Waals surface area contributed by atoms with Gasteiger partial charge in [0.2, 0.25) is 5.91 Å². The van der Waals surface area contributed by atoms with Crippen molar-refractivity contribution in [1.82, 2.24) is 14.9 Å². The quantitative estimate of drug-likeness (QED) is 0.114. The highest BCUT2D eigenvalue weighted by Gasteiger charge is 2.31. The van der Waals surface area contributed by atoms with Gasteiger partial charge in [-0.2, -0.15) is 8.42 Å². The molecular formula is C26H45N3O11S. The number of carbonyl (C=O) groups is 1. The Morgan fingerprint density at radius 2 is 1.37 bits per heavy atom. The van der Waals surface area contributed by atoms with Crippen LogP contribution in [0.3, 0.4) is 0 Å². The van der Waals surface area contributed by atoms with Gasteiger partial charge < -0.3 is 38.1 Å². The Bertz CT molecular complexity index is 939. The molecule has 0 spiro atoms. The zero-order valence-electron chi connectivity index (χ0n) is 24.2. The molecule has 1 fully saturated rings. The van der Waals surface area contributed by atoms with Gasteiger partial charge in [0.05, 0.1) is 110 Å². The Morgan fingerprint density at radius 1 is 0.854 bits per heavy atom. The van der Waals surface area contributed by atoms with Crippen molar-refractivity contribution < 1.29 is 50.6 Å². The molecule has 0 radical (unpaired) electrons. The minimum Gasteiger partial charge on any atom is -0.382 e. The molecule has 1 aromatic heterocycles. The van der Waals surface area contributed by atoms with Gasteiger partial charge in [0.1, 0.15) is 6.61 Å². The van der Waals surface area contributed by atoms with Gasteiger partial charge in [-0.1, -0.05) is 0 Å². The molecule has 0 aromatic carbocycles. The molecule has 0 N–H and O–H groups in total. The molecule has 1 saturated heterocycles. The number of methoxy groups -OCH3 is 1. The van der Waals surface area contributed by atoms with Gasteiger partial charge in [0.15, 0.2) is 5.82 Å². The summed E-state index contributed by atoms with van der Waals surface area (Å²) in [5, 5.41) is 0. The monoisotopic (exact) mass is 607 g/mol. The van der Waals surface area contributed by atoms with E-state index >= 15 is 0 Å². The standard InChI is InChI=1S/C26H45N3O11S/c1-33-10-11-35-14-15-37-18-19-39-21-20-38-17-16-36-13-12-34-9-6-25(30)29-8-3-4-24(29)26-27-7-5-23(28-26)22-40-41(2,31)32/h5,7,24H,3-4,6,8-22H2,1-2H3/t24-/m1/s1. The average molecular weight is 608 g/mol. The molecule has 2 heterocycles. The summed E-state index contributed by atoms with van der Waals surface area (Å²) in [5.74, 6) is 0.446. The predicted octanol–water partition coefficient (Wildman–Crippen LogP) is 0.752. The van der Waals surface area contributed by atoms with Crippen molar-refractivity contribution >= 4 is 16.0 Å². The molecule has 1 aliphatic heterocycles. The second-order valence-electron chi connectivity index (χ2n) is 9.03. The van der Waals surface area contributed by atoms with E-state index in [4.69, 9.17) is 37.3 Å². The van der Waals surface area contributed by atoms with Crippen LogP contribution in [0.4, 0.5) is 0 Å². The molecule has 14 nitrogen and oxygen atoms in total. The largest absolute Gasteiger partial charge is 0.382 e. The summed E-state index contributed by atoms with van der Waals surface area (Å²) in [4.78, 5) is 23.2. The van der Waals surface area contributed by atoms with E-state index in [1.807, 2.05) is 0 Å². The number of carbonyl (C=O) groups excluding carboxylic acids is 1. The number of amides is 1. The van der Waals surface area contributed by atoms with Gasteiger partial charge in [-0.25, -0.2) is 9.97 Å². The first kappa shape index (κ1) is 35.4. The zero-order valence-corrected chi connectivity index (χ0v) is 25.0. The van der Waals surface area contributed by atoms with Crippen LogP contribution in [0, 0.1) is 0 Å².